The van der Waals surface area contributed by atoms with Crippen molar-refractivity contribution in [3.05, 3.63) is 35.4 Å². The first-order valence-electron chi connectivity index (χ1n) is 5.31. The van der Waals surface area contributed by atoms with Gasteiger partial charge in [-0.05, 0) is 24.6 Å². The molecule has 0 unspecified atom stereocenters. The molecule has 1 atom stereocenters. The number of nitrogens with zero attached hydrogens (tertiary/aromatic N) is 1. The summed E-state index contributed by atoms with van der Waals surface area (Å²) in [6.45, 7) is 0.170. The number of amides is 1. The van der Waals surface area contributed by atoms with E-state index in [9.17, 15) is 9.59 Å². The Hall–Kier alpha value is -2.39. The third-order valence-corrected chi connectivity index (χ3v) is 2.31. The zero-order valence-electron chi connectivity index (χ0n) is 9.59. The highest BCUT2D eigenvalue weighted by Gasteiger charge is 2.12. The van der Waals surface area contributed by atoms with Gasteiger partial charge in [0.1, 0.15) is 6.04 Å². The average molecular weight is 247 g/mol. The number of rotatable bonds is 5. The zero-order valence-corrected chi connectivity index (χ0v) is 9.59. The molecule has 18 heavy (non-hydrogen) atoms. The van der Waals surface area contributed by atoms with Gasteiger partial charge in [0, 0.05) is 12.1 Å². The van der Waals surface area contributed by atoms with Crippen molar-refractivity contribution < 1.29 is 14.7 Å². The maximum absolute atomic E-state index is 11.7. The van der Waals surface area contributed by atoms with Crippen LogP contribution in [0.4, 0.5) is 0 Å². The van der Waals surface area contributed by atoms with Gasteiger partial charge in [0.15, 0.2) is 0 Å². The standard InChI is InChI=1S/C12H13N3O3/c13-7-8-2-1-3-9(6-8)11(16)15-5-4-10(14)12(17)18/h1-3,6,10H,4-5,14H2,(H,15,16)(H,17,18)/t10-/m0/s1. The molecule has 1 amide bonds. The van der Waals surface area contributed by atoms with E-state index in [1.165, 1.54) is 6.07 Å². The van der Waals surface area contributed by atoms with Crippen molar-refractivity contribution in [3.63, 3.8) is 0 Å². The molecule has 0 fully saturated rings. The molecule has 6 nitrogen and oxygen atoms in total. The molecular weight excluding hydrogens is 234 g/mol. The molecule has 0 aliphatic rings. The lowest BCUT2D eigenvalue weighted by Crippen LogP contribution is -2.35. The monoisotopic (exact) mass is 247 g/mol. The number of hydrogen-bond acceptors (Lipinski definition) is 4. The number of carboxylic acids is 1. The Morgan fingerprint density at radius 2 is 2.22 bits per heavy atom. The highest BCUT2D eigenvalue weighted by atomic mass is 16.4. The van der Waals surface area contributed by atoms with Crippen LogP contribution in [0.25, 0.3) is 0 Å². The quantitative estimate of drug-likeness (QED) is 0.681. The van der Waals surface area contributed by atoms with Gasteiger partial charge in [-0.15, -0.1) is 0 Å². The van der Waals surface area contributed by atoms with Gasteiger partial charge in [-0.25, -0.2) is 0 Å². The number of nitrogens with one attached hydrogen (secondary N) is 1. The van der Waals surface area contributed by atoms with E-state index in [1.54, 1.807) is 18.2 Å². The minimum Gasteiger partial charge on any atom is -0.480 e. The van der Waals surface area contributed by atoms with Crippen molar-refractivity contribution in [2.24, 2.45) is 5.73 Å². The molecule has 0 aliphatic heterocycles. The normalized spacial score (nSPS) is 11.3. The molecule has 0 radical (unpaired) electrons. The van der Waals surface area contributed by atoms with Crippen molar-refractivity contribution in [2.75, 3.05) is 6.54 Å². The van der Waals surface area contributed by atoms with Crippen LogP contribution in [-0.4, -0.2) is 29.6 Å². The summed E-state index contributed by atoms with van der Waals surface area (Å²) in [7, 11) is 0. The number of carbonyl (C=O) groups excluding carboxylic acids is 1. The van der Waals surface area contributed by atoms with Gasteiger partial charge in [0.2, 0.25) is 0 Å². The van der Waals surface area contributed by atoms with Gasteiger partial charge in [0.25, 0.3) is 5.91 Å². The maximum atomic E-state index is 11.7. The molecule has 0 heterocycles. The molecule has 6 heteroatoms. The van der Waals surface area contributed by atoms with Gasteiger partial charge in [0.05, 0.1) is 11.6 Å². The second-order valence-electron chi connectivity index (χ2n) is 3.68. The lowest BCUT2D eigenvalue weighted by Gasteiger charge is -2.08. The highest BCUT2D eigenvalue weighted by molar-refractivity contribution is 5.94. The Labute approximate surface area is 104 Å². The molecule has 94 valence electrons. The smallest absolute Gasteiger partial charge is 0.320 e. The van der Waals surface area contributed by atoms with E-state index in [0.29, 0.717) is 11.1 Å². The Balaban J connectivity index is 2.51. The predicted octanol–water partition coefficient (Wildman–Crippen LogP) is 0.0901. The van der Waals surface area contributed by atoms with Crippen LogP contribution in [0.1, 0.15) is 22.3 Å². The Morgan fingerprint density at radius 1 is 1.50 bits per heavy atom. The van der Waals surface area contributed by atoms with Crippen LogP contribution in [0.15, 0.2) is 24.3 Å². The molecule has 0 spiro atoms. The van der Waals surface area contributed by atoms with Crippen LogP contribution in [0.5, 0.6) is 0 Å². The summed E-state index contributed by atoms with van der Waals surface area (Å²) in [6, 6.07) is 7.19. The van der Waals surface area contributed by atoms with Crippen LogP contribution >= 0.6 is 0 Å². The third-order valence-electron chi connectivity index (χ3n) is 2.31. The molecule has 0 aliphatic carbocycles. The molecule has 0 saturated heterocycles. The van der Waals surface area contributed by atoms with E-state index in [2.05, 4.69) is 5.32 Å². The first-order valence-corrected chi connectivity index (χ1v) is 5.31. The number of carboxylic acid groups (broad SMARTS) is 1. The molecule has 1 aromatic rings. The number of nitrogens with two attached hydrogens (primary N) is 1. The summed E-state index contributed by atoms with van der Waals surface area (Å²) in [6.07, 6.45) is 0.152. The van der Waals surface area contributed by atoms with E-state index < -0.39 is 12.0 Å². The fourth-order valence-corrected chi connectivity index (χ4v) is 1.30. The average Bonchev–Trinajstić information content (AvgIpc) is 2.38. The van der Waals surface area contributed by atoms with Crippen molar-refractivity contribution in [1.82, 2.24) is 5.32 Å². The van der Waals surface area contributed by atoms with Crippen LogP contribution in [0.3, 0.4) is 0 Å². The van der Waals surface area contributed by atoms with Crippen LogP contribution in [-0.2, 0) is 4.79 Å². The number of benzene rings is 1. The minimum atomic E-state index is -1.10. The summed E-state index contributed by atoms with van der Waals surface area (Å²) in [5.41, 5.74) is 6.05. The summed E-state index contributed by atoms with van der Waals surface area (Å²) in [4.78, 5) is 22.1. The molecule has 0 aromatic heterocycles. The first kappa shape index (κ1) is 13.7. The number of nitriles is 1. The van der Waals surface area contributed by atoms with Crippen molar-refractivity contribution in [2.45, 2.75) is 12.5 Å². The molecule has 0 bridgehead atoms. The second-order valence-corrected chi connectivity index (χ2v) is 3.68. The number of hydrogen-bond donors (Lipinski definition) is 3. The molecule has 1 rings (SSSR count). The molecule has 0 saturated carbocycles. The molecule has 4 N–H and O–H groups in total. The van der Waals surface area contributed by atoms with Gasteiger partial charge >= 0.3 is 5.97 Å². The van der Waals surface area contributed by atoms with Crippen molar-refractivity contribution >= 4 is 11.9 Å². The van der Waals surface area contributed by atoms with E-state index >= 15 is 0 Å². The molecular formula is C12H13N3O3. The second kappa shape index (κ2) is 6.37. The topological polar surface area (TPSA) is 116 Å². The van der Waals surface area contributed by atoms with Crippen molar-refractivity contribution in [3.8, 4) is 6.07 Å². The van der Waals surface area contributed by atoms with Crippen LogP contribution in [0.2, 0.25) is 0 Å². The number of carbonyl (C=O) groups is 2. The van der Waals surface area contributed by atoms with Gasteiger partial charge in [-0.1, -0.05) is 6.07 Å². The largest absolute Gasteiger partial charge is 0.480 e. The van der Waals surface area contributed by atoms with Gasteiger partial charge in [-0.2, -0.15) is 5.26 Å². The predicted molar refractivity (Wildman–Crippen MR) is 63.7 cm³/mol. The fraction of sp³-hybridized carbons (Fsp3) is 0.250. The van der Waals surface area contributed by atoms with Crippen LogP contribution < -0.4 is 11.1 Å². The third kappa shape index (κ3) is 3.88. The Kier molecular flexibility index (Phi) is 4.84. The zero-order chi connectivity index (χ0) is 13.5. The lowest BCUT2D eigenvalue weighted by molar-refractivity contribution is -0.138. The van der Waals surface area contributed by atoms with Gasteiger partial charge < -0.3 is 16.2 Å². The van der Waals surface area contributed by atoms with Crippen molar-refractivity contribution in [1.29, 1.82) is 5.26 Å². The van der Waals surface area contributed by atoms with E-state index in [-0.39, 0.29) is 18.9 Å². The summed E-state index contributed by atoms with van der Waals surface area (Å²) >= 11 is 0. The Morgan fingerprint density at radius 3 is 2.83 bits per heavy atom. The summed E-state index contributed by atoms with van der Waals surface area (Å²) in [5, 5.41) is 19.8. The van der Waals surface area contributed by atoms with Gasteiger partial charge in [-0.3, -0.25) is 9.59 Å². The lowest BCUT2D eigenvalue weighted by atomic mass is 10.1. The SMILES string of the molecule is N#Cc1cccc(C(=O)NCC[C@H](N)C(=O)O)c1. The molecule has 1 aromatic carbocycles. The summed E-state index contributed by atoms with van der Waals surface area (Å²) in [5.74, 6) is -1.46. The van der Waals surface area contributed by atoms with E-state index in [0.717, 1.165) is 0 Å². The van der Waals surface area contributed by atoms with Crippen LogP contribution in [0, 0.1) is 11.3 Å². The maximum Gasteiger partial charge on any atom is 0.320 e. The van der Waals surface area contributed by atoms with E-state index in [4.69, 9.17) is 16.1 Å². The number of aliphatic carboxylic acids is 1. The highest BCUT2D eigenvalue weighted by Crippen LogP contribution is 2.03. The Bertz CT molecular complexity index is 494. The van der Waals surface area contributed by atoms with E-state index in [1.807, 2.05) is 6.07 Å². The first-order chi connectivity index (χ1) is 8.54. The summed E-state index contributed by atoms with van der Waals surface area (Å²) < 4.78 is 0. The minimum absolute atomic E-state index is 0.152. The fourth-order valence-electron chi connectivity index (χ4n) is 1.30.